The Bertz CT molecular complexity index is 634. The third kappa shape index (κ3) is 3.79. The Hall–Kier alpha value is -1.72. The van der Waals surface area contributed by atoms with E-state index in [1.807, 2.05) is 31.2 Å². The van der Waals surface area contributed by atoms with Gasteiger partial charge in [0.2, 0.25) is 5.89 Å². The van der Waals surface area contributed by atoms with Gasteiger partial charge >= 0.3 is 0 Å². The van der Waals surface area contributed by atoms with Gasteiger partial charge in [0.25, 0.3) is 0 Å². The largest absolute Gasteiger partial charge is 0.387 e. The van der Waals surface area contributed by atoms with Gasteiger partial charge in [0.05, 0.1) is 12.1 Å². The lowest BCUT2D eigenvalue weighted by molar-refractivity contribution is 0.0842. The smallest absolute Gasteiger partial charge is 0.243 e. The van der Waals surface area contributed by atoms with E-state index in [9.17, 15) is 5.11 Å². The first-order valence-electron chi connectivity index (χ1n) is 8.40. The lowest BCUT2D eigenvalue weighted by Gasteiger charge is -2.27. The highest BCUT2D eigenvalue weighted by Gasteiger charge is 2.30. The van der Waals surface area contributed by atoms with Crippen molar-refractivity contribution in [2.45, 2.75) is 51.7 Å². The number of likely N-dealkylation sites (N-methyl/N-ethyl adjacent to an activating group) is 1. The van der Waals surface area contributed by atoms with Crippen LogP contribution in [0, 0.1) is 6.92 Å². The topological polar surface area (TPSA) is 62.4 Å². The van der Waals surface area contributed by atoms with E-state index >= 15 is 0 Å². The molecule has 23 heavy (non-hydrogen) atoms. The number of aliphatic hydroxyl groups excluding tert-OH is 1. The predicted molar refractivity (Wildman–Crippen MR) is 88.1 cm³/mol. The molecule has 0 amide bonds. The maximum atomic E-state index is 10.5. The molecule has 3 rings (SSSR count). The van der Waals surface area contributed by atoms with E-state index < -0.39 is 6.10 Å². The van der Waals surface area contributed by atoms with Crippen molar-refractivity contribution in [1.82, 2.24) is 15.0 Å². The molecule has 1 N–H and O–H groups in total. The molecular formula is C18H25N3O2. The van der Waals surface area contributed by atoms with Gasteiger partial charge in [-0.05, 0) is 38.8 Å². The standard InChI is InChI=1S/C18H25N3O2/c1-4-21(11-16(22)14-7-5-12(2)6-8-14)13(3)18-19-17(20-23-18)15-9-10-15/h5-8,13,15-16,22H,4,9-11H2,1-3H3. The normalized spacial score (nSPS) is 17.4. The fourth-order valence-electron chi connectivity index (χ4n) is 2.76. The average molecular weight is 315 g/mol. The van der Waals surface area contributed by atoms with E-state index in [-0.39, 0.29) is 6.04 Å². The molecular weight excluding hydrogens is 290 g/mol. The molecule has 0 saturated heterocycles. The number of hydrogen-bond acceptors (Lipinski definition) is 5. The number of nitrogens with zero attached hydrogens (tertiary/aromatic N) is 3. The molecule has 0 bridgehead atoms. The predicted octanol–water partition coefficient (Wildman–Crippen LogP) is 3.37. The third-order valence-electron chi connectivity index (χ3n) is 4.58. The SMILES string of the molecule is CCN(CC(O)c1ccc(C)cc1)C(C)c1nc(C2CC2)no1. The second kappa shape index (κ2) is 6.81. The summed E-state index contributed by atoms with van der Waals surface area (Å²) in [4.78, 5) is 6.69. The summed E-state index contributed by atoms with van der Waals surface area (Å²) in [7, 11) is 0. The monoisotopic (exact) mass is 315 g/mol. The Kier molecular flexibility index (Phi) is 4.78. The van der Waals surface area contributed by atoms with Gasteiger partial charge < -0.3 is 9.63 Å². The zero-order valence-corrected chi connectivity index (χ0v) is 14.1. The van der Waals surface area contributed by atoms with Crippen LogP contribution in [0.1, 0.15) is 67.6 Å². The molecule has 0 spiro atoms. The first-order chi connectivity index (χ1) is 11.1. The molecule has 2 atom stereocenters. The molecule has 5 nitrogen and oxygen atoms in total. The second-order valence-corrected chi connectivity index (χ2v) is 6.46. The van der Waals surface area contributed by atoms with Crippen molar-refractivity contribution in [3.05, 3.63) is 47.1 Å². The van der Waals surface area contributed by atoms with E-state index in [2.05, 4.69) is 28.9 Å². The van der Waals surface area contributed by atoms with Gasteiger partial charge in [0.15, 0.2) is 5.82 Å². The van der Waals surface area contributed by atoms with Gasteiger partial charge in [0.1, 0.15) is 0 Å². The van der Waals surface area contributed by atoms with Crippen LogP contribution in [0.5, 0.6) is 0 Å². The van der Waals surface area contributed by atoms with Crippen LogP contribution < -0.4 is 0 Å². The van der Waals surface area contributed by atoms with Gasteiger partial charge in [-0.3, -0.25) is 4.90 Å². The zero-order valence-electron chi connectivity index (χ0n) is 14.1. The summed E-state index contributed by atoms with van der Waals surface area (Å²) in [5.41, 5.74) is 2.13. The maximum absolute atomic E-state index is 10.5. The summed E-state index contributed by atoms with van der Waals surface area (Å²) in [6.07, 6.45) is 1.80. The maximum Gasteiger partial charge on any atom is 0.243 e. The van der Waals surface area contributed by atoms with Crippen LogP contribution in [0.2, 0.25) is 0 Å². The number of aromatic nitrogens is 2. The molecule has 1 fully saturated rings. The van der Waals surface area contributed by atoms with Gasteiger partial charge in [-0.1, -0.05) is 41.9 Å². The van der Waals surface area contributed by atoms with E-state index in [1.54, 1.807) is 0 Å². The van der Waals surface area contributed by atoms with Crippen LogP contribution in [0.4, 0.5) is 0 Å². The number of rotatable bonds is 7. The summed E-state index contributed by atoms with van der Waals surface area (Å²) >= 11 is 0. The van der Waals surface area contributed by atoms with Crippen molar-refractivity contribution >= 4 is 0 Å². The molecule has 1 saturated carbocycles. The van der Waals surface area contributed by atoms with E-state index in [0.29, 0.717) is 18.4 Å². The Morgan fingerprint density at radius 3 is 2.61 bits per heavy atom. The van der Waals surface area contributed by atoms with E-state index in [0.717, 1.165) is 30.8 Å². The number of benzene rings is 1. The minimum Gasteiger partial charge on any atom is -0.387 e. The van der Waals surface area contributed by atoms with Crippen molar-refractivity contribution < 1.29 is 9.63 Å². The minimum absolute atomic E-state index is 0.0000911. The van der Waals surface area contributed by atoms with Crippen molar-refractivity contribution in [2.24, 2.45) is 0 Å². The Labute approximate surface area is 137 Å². The van der Waals surface area contributed by atoms with Gasteiger partial charge in [-0.2, -0.15) is 4.98 Å². The fourth-order valence-corrected chi connectivity index (χ4v) is 2.76. The quantitative estimate of drug-likeness (QED) is 0.848. The van der Waals surface area contributed by atoms with Gasteiger partial charge in [-0.15, -0.1) is 0 Å². The molecule has 1 aromatic heterocycles. The molecule has 2 aromatic rings. The number of aryl methyl sites for hydroxylation is 1. The van der Waals surface area contributed by atoms with Crippen molar-refractivity contribution in [3.63, 3.8) is 0 Å². The highest BCUT2D eigenvalue weighted by atomic mass is 16.5. The Morgan fingerprint density at radius 2 is 2.00 bits per heavy atom. The van der Waals surface area contributed by atoms with Crippen molar-refractivity contribution in [2.75, 3.05) is 13.1 Å². The fraction of sp³-hybridized carbons (Fsp3) is 0.556. The molecule has 1 aliphatic carbocycles. The lowest BCUT2D eigenvalue weighted by atomic mass is 10.1. The number of aliphatic hydroxyl groups is 1. The van der Waals surface area contributed by atoms with Crippen LogP contribution in [-0.4, -0.2) is 33.2 Å². The van der Waals surface area contributed by atoms with Crippen LogP contribution in [0.15, 0.2) is 28.8 Å². The number of hydrogen-bond donors (Lipinski definition) is 1. The third-order valence-corrected chi connectivity index (χ3v) is 4.58. The molecule has 5 heteroatoms. The summed E-state index contributed by atoms with van der Waals surface area (Å²) in [6.45, 7) is 7.53. The molecule has 1 heterocycles. The zero-order chi connectivity index (χ0) is 16.4. The summed E-state index contributed by atoms with van der Waals surface area (Å²) in [5, 5.41) is 14.6. The molecule has 0 aliphatic heterocycles. The van der Waals surface area contributed by atoms with Crippen molar-refractivity contribution in [3.8, 4) is 0 Å². The molecule has 0 radical (unpaired) electrons. The van der Waals surface area contributed by atoms with E-state index in [1.165, 1.54) is 5.56 Å². The first kappa shape index (κ1) is 16.1. The van der Waals surface area contributed by atoms with Crippen LogP contribution in [-0.2, 0) is 0 Å². The second-order valence-electron chi connectivity index (χ2n) is 6.46. The molecule has 1 aliphatic rings. The lowest BCUT2D eigenvalue weighted by Crippen LogP contribution is -2.31. The van der Waals surface area contributed by atoms with Crippen LogP contribution >= 0.6 is 0 Å². The van der Waals surface area contributed by atoms with Crippen LogP contribution in [0.3, 0.4) is 0 Å². The highest BCUT2D eigenvalue weighted by Crippen LogP contribution is 2.38. The summed E-state index contributed by atoms with van der Waals surface area (Å²) < 4.78 is 5.43. The molecule has 124 valence electrons. The van der Waals surface area contributed by atoms with Gasteiger partial charge in [-0.25, -0.2) is 0 Å². The Balaban J connectivity index is 1.66. The molecule has 1 aromatic carbocycles. The minimum atomic E-state index is -0.524. The Morgan fingerprint density at radius 1 is 1.30 bits per heavy atom. The van der Waals surface area contributed by atoms with Crippen LogP contribution in [0.25, 0.3) is 0 Å². The summed E-state index contributed by atoms with van der Waals surface area (Å²) in [5.74, 6) is 1.97. The highest BCUT2D eigenvalue weighted by molar-refractivity contribution is 5.23. The van der Waals surface area contributed by atoms with Crippen molar-refractivity contribution in [1.29, 1.82) is 0 Å². The molecule has 2 unspecified atom stereocenters. The van der Waals surface area contributed by atoms with Gasteiger partial charge in [0, 0.05) is 12.5 Å². The first-order valence-corrected chi connectivity index (χ1v) is 8.40. The summed E-state index contributed by atoms with van der Waals surface area (Å²) in [6, 6.07) is 8.02. The van der Waals surface area contributed by atoms with E-state index in [4.69, 9.17) is 4.52 Å². The average Bonchev–Trinajstić information content (AvgIpc) is 3.29.